The predicted molar refractivity (Wildman–Crippen MR) is 101 cm³/mol. The quantitative estimate of drug-likeness (QED) is 0.611. The van der Waals surface area contributed by atoms with Crippen LogP contribution in [0, 0.1) is 5.82 Å². The average Bonchev–Trinajstić information content (AvgIpc) is 2.70. The van der Waals surface area contributed by atoms with Gasteiger partial charge in [-0.3, -0.25) is 0 Å². The number of rotatable bonds is 5. The van der Waals surface area contributed by atoms with E-state index in [1.807, 2.05) is 47.3 Å². The first-order chi connectivity index (χ1) is 13.2. The summed E-state index contributed by atoms with van der Waals surface area (Å²) in [5.41, 5.74) is 3.83. The van der Waals surface area contributed by atoms with E-state index in [-0.39, 0.29) is 5.82 Å². The Kier molecular flexibility index (Phi) is 5.16. The van der Waals surface area contributed by atoms with Crippen LogP contribution in [0.3, 0.4) is 0 Å². The van der Waals surface area contributed by atoms with Crippen molar-refractivity contribution in [2.24, 2.45) is 0 Å². The van der Waals surface area contributed by atoms with E-state index in [1.54, 1.807) is 6.07 Å². The summed E-state index contributed by atoms with van der Waals surface area (Å²) in [6.45, 7) is 3.05. The first kappa shape index (κ1) is 17.7. The highest BCUT2D eigenvalue weighted by Crippen LogP contribution is 2.36. The minimum atomic E-state index is -0.472. The van der Waals surface area contributed by atoms with Gasteiger partial charge in [-0.15, -0.1) is 0 Å². The third-order valence-corrected chi connectivity index (χ3v) is 4.75. The molecule has 0 bridgehead atoms. The van der Waals surface area contributed by atoms with Gasteiger partial charge in [0.2, 0.25) is 6.29 Å². The van der Waals surface area contributed by atoms with Crippen LogP contribution in [0.5, 0.6) is 5.75 Å². The molecular weight excluding hydrogens is 341 g/mol. The van der Waals surface area contributed by atoms with Crippen LogP contribution in [0.15, 0.2) is 67.0 Å². The van der Waals surface area contributed by atoms with Crippen molar-refractivity contribution in [3.63, 3.8) is 0 Å². The first-order valence-corrected chi connectivity index (χ1v) is 9.35. The molecule has 0 saturated heterocycles. The number of ether oxygens (including phenoxy) is 2. The van der Waals surface area contributed by atoms with Crippen LogP contribution in [-0.2, 0) is 24.3 Å². The number of hydrogen-bond donors (Lipinski definition) is 0. The van der Waals surface area contributed by atoms with Gasteiger partial charge in [-0.2, -0.15) is 0 Å². The second kappa shape index (κ2) is 7.89. The van der Waals surface area contributed by atoms with Crippen LogP contribution in [0.25, 0.3) is 0 Å². The van der Waals surface area contributed by atoms with E-state index in [1.165, 1.54) is 11.6 Å². The molecule has 0 unspecified atom stereocenters. The Morgan fingerprint density at radius 3 is 2.59 bits per heavy atom. The van der Waals surface area contributed by atoms with E-state index < -0.39 is 6.29 Å². The minimum Gasteiger partial charge on any atom is -0.460 e. The summed E-state index contributed by atoms with van der Waals surface area (Å²) >= 11 is 0. The average molecular weight is 364 g/mol. The van der Waals surface area contributed by atoms with E-state index in [4.69, 9.17) is 9.47 Å². The van der Waals surface area contributed by atoms with E-state index >= 15 is 0 Å². The summed E-state index contributed by atoms with van der Waals surface area (Å²) in [6.07, 6.45) is 5.79. The smallest absolute Gasteiger partial charge is 0.227 e. The number of nitrogens with zero attached hydrogens (tertiary/aromatic N) is 1. The molecule has 138 valence electrons. The molecule has 0 radical (unpaired) electrons. The fourth-order valence-corrected chi connectivity index (χ4v) is 3.41. The molecule has 1 aliphatic rings. The van der Waals surface area contributed by atoms with Crippen LogP contribution < -0.4 is 9.30 Å². The van der Waals surface area contributed by atoms with Crippen molar-refractivity contribution in [2.45, 2.75) is 39.2 Å². The zero-order chi connectivity index (χ0) is 18.6. The number of benzene rings is 2. The normalized spacial score (nSPS) is 15.9. The molecule has 0 N–H and O–H groups in total. The zero-order valence-electron chi connectivity index (χ0n) is 15.4. The van der Waals surface area contributed by atoms with Crippen molar-refractivity contribution in [1.82, 2.24) is 0 Å². The topological polar surface area (TPSA) is 22.3 Å². The summed E-state index contributed by atoms with van der Waals surface area (Å²) < 4.78 is 28.1. The number of pyridine rings is 1. The van der Waals surface area contributed by atoms with Crippen LogP contribution in [0.4, 0.5) is 4.39 Å². The molecule has 2 heterocycles. The largest absolute Gasteiger partial charge is 0.460 e. The highest BCUT2D eigenvalue weighted by Gasteiger charge is 2.26. The Morgan fingerprint density at radius 2 is 1.85 bits per heavy atom. The molecule has 27 heavy (non-hydrogen) atoms. The molecular formula is C23H23FNO2+. The monoisotopic (exact) mass is 364 g/mol. The molecule has 0 aliphatic carbocycles. The van der Waals surface area contributed by atoms with Gasteiger partial charge in [0, 0.05) is 23.3 Å². The Bertz CT molecular complexity index is 910. The first-order valence-electron chi connectivity index (χ1n) is 9.35. The highest BCUT2D eigenvalue weighted by molar-refractivity contribution is 5.43. The fourth-order valence-electron chi connectivity index (χ4n) is 3.41. The molecule has 0 saturated carbocycles. The summed E-state index contributed by atoms with van der Waals surface area (Å²) in [5, 5.41) is 0. The van der Waals surface area contributed by atoms with E-state index in [9.17, 15) is 4.39 Å². The van der Waals surface area contributed by atoms with Crippen LogP contribution >= 0.6 is 0 Å². The summed E-state index contributed by atoms with van der Waals surface area (Å²) in [5.74, 6) is 0.457. The molecule has 1 aromatic heterocycles. The maximum Gasteiger partial charge on any atom is 0.227 e. The third-order valence-electron chi connectivity index (χ3n) is 4.75. The summed E-state index contributed by atoms with van der Waals surface area (Å²) in [7, 11) is 0. The van der Waals surface area contributed by atoms with Crippen molar-refractivity contribution >= 4 is 0 Å². The van der Waals surface area contributed by atoms with Gasteiger partial charge < -0.3 is 9.47 Å². The van der Waals surface area contributed by atoms with Gasteiger partial charge in [-0.1, -0.05) is 43.7 Å². The Balaban J connectivity index is 1.61. The van der Waals surface area contributed by atoms with Crippen LogP contribution in [-0.4, -0.2) is 0 Å². The summed E-state index contributed by atoms with van der Waals surface area (Å²) in [4.78, 5) is 0. The molecule has 2 aromatic carbocycles. The van der Waals surface area contributed by atoms with Gasteiger partial charge in [0.05, 0.1) is 12.2 Å². The Labute approximate surface area is 159 Å². The van der Waals surface area contributed by atoms with Gasteiger partial charge in [0.15, 0.2) is 18.9 Å². The van der Waals surface area contributed by atoms with Gasteiger partial charge in [-0.25, -0.2) is 8.96 Å². The van der Waals surface area contributed by atoms with Crippen molar-refractivity contribution in [3.05, 3.63) is 95.1 Å². The second-order valence-corrected chi connectivity index (χ2v) is 6.85. The number of hydrogen-bond acceptors (Lipinski definition) is 2. The molecule has 3 nitrogen and oxygen atoms in total. The highest BCUT2D eigenvalue weighted by atomic mass is 19.1. The second-order valence-electron chi connectivity index (χ2n) is 6.85. The van der Waals surface area contributed by atoms with E-state index in [0.29, 0.717) is 13.2 Å². The van der Waals surface area contributed by atoms with Gasteiger partial charge in [0.1, 0.15) is 11.6 Å². The number of aryl methyl sites for hydroxylation is 1. The predicted octanol–water partition coefficient (Wildman–Crippen LogP) is 4.72. The number of aromatic nitrogens is 1. The zero-order valence-corrected chi connectivity index (χ0v) is 15.4. The maximum atomic E-state index is 14.1. The standard InChI is InChI=1S/C23H23FNO2/c1-2-6-17-9-11-25(12-10-17)15-19-13-21(24)14-20-16-26-23(27-22(19)20)18-7-4-3-5-8-18/h3-5,7-14,23H,2,6,15-16H2,1H3/q+1/t23-/m1/s1. The SMILES string of the molecule is CCCc1cc[n+](Cc2cc(F)cc3c2O[C@H](c2ccccc2)OC3)cc1. The Morgan fingerprint density at radius 1 is 1.07 bits per heavy atom. The van der Waals surface area contributed by atoms with E-state index in [2.05, 4.69) is 19.1 Å². The maximum absolute atomic E-state index is 14.1. The lowest BCUT2D eigenvalue weighted by Gasteiger charge is -2.28. The van der Waals surface area contributed by atoms with Crippen molar-refractivity contribution in [1.29, 1.82) is 0 Å². The number of fused-ring (bicyclic) bond motifs is 1. The van der Waals surface area contributed by atoms with Crippen molar-refractivity contribution < 1.29 is 18.4 Å². The third kappa shape index (κ3) is 4.01. The molecule has 4 heteroatoms. The lowest BCUT2D eigenvalue weighted by Crippen LogP contribution is -2.34. The van der Waals surface area contributed by atoms with Crippen molar-refractivity contribution in [3.8, 4) is 5.75 Å². The molecule has 1 atom stereocenters. The molecule has 1 aliphatic heterocycles. The van der Waals surface area contributed by atoms with Crippen LogP contribution in [0.2, 0.25) is 0 Å². The molecule has 0 spiro atoms. The van der Waals surface area contributed by atoms with E-state index in [0.717, 1.165) is 35.3 Å². The Hall–Kier alpha value is -2.72. The van der Waals surface area contributed by atoms with Gasteiger partial charge >= 0.3 is 0 Å². The lowest BCUT2D eigenvalue weighted by atomic mass is 10.1. The van der Waals surface area contributed by atoms with Gasteiger partial charge in [0.25, 0.3) is 0 Å². The summed E-state index contributed by atoms with van der Waals surface area (Å²) in [6, 6.07) is 17.1. The molecule has 3 aromatic rings. The lowest BCUT2D eigenvalue weighted by molar-refractivity contribution is -0.688. The molecule has 0 amide bonds. The molecule has 0 fully saturated rings. The van der Waals surface area contributed by atoms with Crippen molar-refractivity contribution in [2.75, 3.05) is 0 Å². The fraction of sp³-hybridized carbons (Fsp3) is 0.261. The van der Waals surface area contributed by atoms with Crippen LogP contribution in [0.1, 0.15) is 41.9 Å². The number of halogens is 1. The molecule has 4 rings (SSSR count). The van der Waals surface area contributed by atoms with Gasteiger partial charge in [-0.05, 0) is 24.1 Å². The minimum absolute atomic E-state index is 0.266.